The van der Waals surface area contributed by atoms with Crippen LogP contribution in [-0.2, 0) is 14.4 Å². The van der Waals surface area contributed by atoms with Crippen molar-refractivity contribution in [3.63, 3.8) is 0 Å². The van der Waals surface area contributed by atoms with E-state index >= 15 is 0 Å². The molecule has 2 aliphatic rings. The molecule has 1 fully saturated rings. The number of nitrogens with one attached hydrogen (secondary N) is 1. The second-order valence-corrected chi connectivity index (χ2v) is 6.89. The normalized spacial score (nSPS) is 21.7. The average molecular weight is 377 g/mol. The van der Waals surface area contributed by atoms with Gasteiger partial charge in [0.15, 0.2) is 0 Å². The van der Waals surface area contributed by atoms with Crippen LogP contribution in [0.4, 0.5) is 5.69 Å². The number of carbonyl (C=O) groups is 3. The van der Waals surface area contributed by atoms with Crippen LogP contribution in [0, 0.1) is 11.8 Å². The standard InChI is InChI=1S/C19H21ClN2O4/c1-26-16-9-8-12(11-15(16)20)21-17(23)7-4-10-22-18(24)13-5-2-3-6-14(13)19(22)25/h2-3,8-9,11,13-14H,4-7,10H2,1H3,(H,21,23)/t13-,14-/m1/s1. The van der Waals surface area contributed by atoms with E-state index < -0.39 is 0 Å². The molecule has 0 saturated carbocycles. The molecule has 6 nitrogen and oxygen atoms in total. The van der Waals surface area contributed by atoms with Crippen LogP contribution in [0.1, 0.15) is 25.7 Å². The summed E-state index contributed by atoms with van der Waals surface area (Å²) in [6, 6.07) is 4.99. The fourth-order valence-electron chi connectivity index (χ4n) is 3.45. The van der Waals surface area contributed by atoms with Crippen LogP contribution in [0.5, 0.6) is 5.75 Å². The van der Waals surface area contributed by atoms with Crippen LogP contribution in [0.2, 0.25) is 5.02 Å². The first-order chi connectivity index (χ1) is 12.5. The van der Waals surface area contributed by atoms with Gasteiger partial charge in [0, 0.05) is 18.7 Å². The first-order valence-corrected chi connectivity index (χ1v) is 9.02. The molecular formula is C19H21ClN2O4. The molecule has 1 aromatic rings. The van der Waals surface area contributed by atoms with E-state index in [1.807, 2.05) is 12.2 Å². The molecule has 3 amide bonds. The molecule has 0 spiro atoms. The Morgan fingerprint density at radius 1 is 1.23 bits per heavy atom. The Balaban J connectivity index is 1.49. The van der Waals surface area contributed by atoms with E-state index in [-0.39, 0.29) is 42.5 Å². The molecule has 0 bridgehead atoms. The molecule has 7 heteroatoms. The van der Waals surface area contributed by atoms with Gasteiger partial charge in [0.2, 0.25) is 17.7 Å². The molecule has 0 radical (unpaired) electrons. The number of amides is 3. The number of fused-ring (bicyclic) bond motifs is 1. The maximum absolute atomic E-state index is 12.4. The zero-order valence-corrected chi connectivity index (χ0v) is 15.3. The van der Waals surface area contributed by atoms with Crippen LogP contribution in [0.25, 0.3) is 0 Å². The zero-order chi connectivity index (χ0) is 18.7. The third kappa shape index (κ3) is 3.75. The summed E-state index contributed by atoms with van der Waals surface area (Å²) in [5.41, 5.74) is 0.575. The average Bonchev–Trinajstić information content (AvgIpc) is 2.87. The van der Waals surface area contributed by atoms with Crippen molar-refractivity contribution in [2.75, 3.05) is 19.0 Å². The number of allylic oxidation sites excluding steroid dienone is 2. The van der Waals surface area contributed by atoms with E-state index in [1.165, 1.54) is 12.0 Å². The largest absolute Gasteiger partial charge is 0.495 e. The number of likely N-dealkylation sites (tertiary alicyclic amines) is 1. The van der Waals surface area contributed by atoms with Crippen molar-refractivity contribution in [1.82, 2.24) is 4.90 Å². The van der Waals surface area contributed by atoms with Gasteiger partial charge in [-0.25, -0.2) is 0 Å². The highest BCUT2D eigenvalue weighted by molar-refractivity contribution is 6.32. The summed E-state index contributed by atoms with van der Waals surface area (Å²) < 4.78 is 5.07. The quantitative estimate of drug-likeness (QED) is 0.611. The minimum absolute atomic E-state index is 0.105. The molecule has 1 aromatic carbocycles. The summed E-state index contributed by atoms with van der Waals surface area (Å²) in [5.74, 6) is -0.306. The lowest BCUT2D eigenvalue weighted by atomic mass is 9.85. The second kappa shape index (κ2) is 7.91. The Kier molecular flexibility index (Phi) is 5.61. The number of nitrogens with zero attached hydrogens (tertiary/aromatic N) is 1. The van der Waals surface area contributed by atoms with Crippen molar-refractivity contribution in [2.45, 2.75) is 25.7 Å². The third-order valence-corrected chi connectivity index (χ3v) is 5.12. The highest BCUT2D eigenvalue weighted by Crippen LogP contribution is 2.35. The number of rotatable bonds is 6. The van der Waals surface area contributed by atoms with Gasteiger partial charge in [-0.15, -0.1) is 0 Å². The lowest BCUT2D eigenvalue weighted by Gasteiger charge is -2.14. The molecule has 1 heterocycles. The fourth-order valence-corrected chi connectivity index (χ4v) is 3.71. The molecule has 1 N–H and O–H groups in total. The summed E-state index contributed by atoms with van der Waals surface area (Å²) in [6.45, 7) is 0.279. The molecule has 26 heavy (non-hydrogen) atoms. The third-order valence-electron chi connectivity index (χ3n) is 4.82. The Morgan fingerprint density at radius 2 is 1.88 bits per heavy atom. The van der Waals surface area contributed by atoms with E-state index in [1.54, 1.807) is 18.2 Å². The highest BCUT2D eigenvalue weighted by Gasteiger charge is 2.46. The van der Waals surface area contributed by atoms with Gasteiger partial charge in [-0.3, -0.25) is 19.3 Å². The predicted octanol–water partition coefficient (Wildman–Crippen LogP) is 3.02. The van der Waals surface area contributed by atoms with Gasteiger partial charge in [0.25, 0.3) is 0 Å². The first-order valence-electron chi connectivity index (χ1n) is 8.65. The van der Waals surface area contributed by atoms with Crippen LogP contribution in [0.15, 0.2) is 30.4 Å². The van der Waals surface area contributed by atoms with Gasteiger partial charge in [-0.1, -0.05) is 23.8 Å². The summed E-state index contributed by atoms with van der Waals surface area (Å²) in [6.07, 6.45) is 5.83. The van der Waals surface area contributed by atoms with Crippen LogP contribution < -0.4 is 10.1 Å². The molecule has 3 rings (SSSR count). The van der Waals surface area contributed by atoms with Crippen LogP contribution >= 0.6 is 11.6 Å². The lowest BCUT2D eigenvalue weighted by Crippen LogP contribution is -2.32. The number of halogens is 1. The number of benzene rings is 1. The molecule has 2 atom stereocenters. The minimum atomic E-state index is -0.220. The summed E-state index contributed by atoms with van der Waals surface area (Å²) >= 11 is 6.03. The van der Waals surface area contributed by atoms with Gasteiger partial charge >= 0.3 is 0 Å². The fraction of sp³-hybridized carbons (Fsp3) is 0.421. The Hall–Kier alpha value is -2.34. The monoisotopic (exact) mass is 376 g/mol. The topological polar surface area (TPSA) is 75.7 Å². The smallest absolute Gasteiger partial charge is 0.233 e. The van der Waals surface area contributed by atoms with Crippen molar-refractivity contribution in [1.29, 1.82) is 0 Å². The summed E-state index contributed by atoms with van der Waals surface area (Å²) in [4.78, 5) is 38.1. The molecule has 1 aliphatic carbocycles. The Labute approximate surface area is 157 Å². The van der Waals surface area contributed by atoms with Crippen molar-refractivity contribution in [3.05, 3.63) is 35.4 Å². The molecule has 138 valence electrons. The SMILES string of the molecule is COc1ccc(NC(=O)CCCN2C(=O)[C@@H]3CC=CC[C@H]3C2=O)cc1Cl. The zero-order valence-electron chi connectivity index (χ0n) is 14.5. The van der Waals surface area contributed by atoms with Gasteiger partial charge in [0.05, 0.1) is 24.0 Å². The van der Waals surface area contributed by atoms with Gasteiger partial charge in [0.1, 0.15) is 5.75 Å². The molecule has 1 aliphatic heterocycles. The Morgan fingerprint density at radius 3 is 2.46 bits per heavy atom. The Bertz CT molecular complexity index is 736. The van der Waals surface area contributed by atoms with E-state index in [4.69, 9.17) is 16.3 Å². The first kappa shape index (κ1) is 18.5. The van der Waals surface area contributed by atoms with E-state index in [2.05, 4.69) is 5.32 Å². The molecule has 1 saturated heterocycles. The minimum Gasteiger partial charge on any atom is -0.495 e. The van der Waals surface area contributed by atoms with Crippen molar-refractivity contribution < 1.29 is 19.1 Å². The van der Waals surface area contributed by atoms with Crippen molar-refractivity contribution in [2.24, 2.45) is 11.8 Å². The predicted molar refractivity (Wildman–Crippen MR) is 97.9 cm³/mol. The van der Waals surface area contributed by atoms with Crippen molar-refractivity contribution in [3.8, 4) is 5.75 Å². The number of imide groups is 1. The number of anilines is 1. The number of hydrogen-bond donors (Lipinski definition) is 1. The van der Waals surface area contributed by atoms with Crippen molar-refractivity contribution >= 4 is 35.0 Å². The summed E-state index contributed by atoms with van der Waals surface area (Å²) in [7, 11) is 1.52. The van der Waals surface area contributed by atoms with Gasteiger partial charge in [-0.2, -0.15) is 0 Å². The maximum Gasteiger partial charge on any atom is 0.233 e. The maximum atomic E-state index is 12.4. The van der Waals surface area contributed by atoms with Crippen LogP contribution in [0.3, 0.4) is 0 Å². The highest BCUT2D eigenvalue weighted by atomic mass is 35.5. The molecule has 0 unspecified atom stereocenters. The molecule has 0 aromatic heterocycles. The molecular weight excluding hydrogens is 356 g/mol. The summed E-state index contributed by atoms with van der Waals surface area (Å²) in [5, 5.41) is 3.17. The number of methoxy groups -OCH3 is 1. The van der Waals surface area contributed by atoms with E-state index in [0.29, 0.717) is 35.7 Å². The van der Waals surface area contributed by atoms with Gasteiger partial charge < -0.3 is 10.1 Å². The van der Waals surface area contributed by atoms with E-state index in [9.17, 15) is 14.4 Å². The second-order valence-electron chi connectivity index (χ2n) is 6.48. The number of hydrogen-bond acceptors (Lipinski definition) is 4. The lowest BCUT2D eigenvalue weighted by molar-refractivity contribution is -0.140. The van der Waals surface area contributed by atoms with Gasteiger partial charge in [-0.05, 0) is 37.5 Å². The number of carbonyl (C=O) groups excluding carboxylic acids is 3. The number of ether oxygens (including phenoxy) is 1. The van der Waals surface area contributed by atoms with Crippen LogP contribution in [-0.4, -0.2) is 36.3 Å². The van der Waals surface area contributed by atoms with E-state index in [0.717, 1.165) is 0 Å².